The summed E-state index contributed by atoms with van der Waals surface area (Å²) >= 11 is 5.28. The summed E-state index contributed by atoms with van der Waals surface area (Å²) in [6.07, 6.45) is 4.61. The van der Waals surface area contributed by atoms with Gasteiger partial charge in [-0.3, -0.25) is 4.98 Å². The van der Waals surface area contributed by atoms with Crippen molar-refractivity contribution in [2.75, 3.05) is 10.6 Å². The number of anilines is 2. The van der Waals surface area contributed by atoms with E-state index in [0.717, 1.165) is 17.8 Å². The standard InChI is InChI=1S/C16H19N3S/c1-3-12(2)13-6-8-14(9-7-13)18-16(20)19-15-5-4-10-17-11-15/h4-12H,3H2,1-2H3,(H2,18,19,20)/t12-/m1/s1. The zero-order chi connectivity index (χ0) is 14.4. The van der Waals surface area contributed by atoms with Crippen molar-refractivity contribution in [3.05, 3.63) is 54.4 Å². The predicted octanol–water partition coefficient (Wildman–Crippen LogP) is 4.40. The summed E-state index contributed by atoms with van der Waals surface area (Å²) < 4.78 is 0. The van der Waals surface area contributed by atoms with Gasteiger partial charge in [0.2, 0.25) is 0 Å². The summed E-state index contributed by atoms with van der Waals surface area (Å²) in [5, 5.41) is 6.83. The predicted molar refractivity (Wildman–Crippen MR) is 89.2 cm³/mol. The zero-order valence-electron chi connectivity index (χ0n) is 11.8. The molecule has 0 aliphatic heterocycles. The molecule has 2 rings (SSSR count). The summed E-state index contributed by atoms with van der Waals surface area (Å²) in [5.41, 5.74) is 3.21. The summed E-state index contributed by atoms with van der Waals surface area (Å²) in [6, 6.07) is 12.2. The van der Waals surface area contributed by atoms with Crippen molar-refractivity contribution in [1.29, 1.82) is 0 Å². The minimum absolute atomic E-state index is 0.564. The number of benzene rings is 1. The highest BCUT2D eigenvalue weighted by Crippen LogP contribution is 2.20. The summed E-state index contributed by atoms with van der Waals surface area (Å²) in [7, 11) is 0. The summed E-state index contributed by atoms with van der Waals surface area (Å²) in [6.45, 7) is 4.43. The van der Waals surface area contributed by atoms with Crippen LogP contribution < -0.4 is 10.6 Å². The number of nitrogens with zero attached hydrogens (tertiary/aromatic N) is 1. The highest BCUT2D eigenvalue weighted by molar-refractivity contribution is 7.80. The number of nitrogens with one attached hydrogen (secondary N) is 2. The van der Waals surface area contributed by atoms with Gasteiger partial charge in [-0.05, 0) is 54.4 Å². The second kappa shape index (κ2) is 7.01. The van der Waals surface area contributed by atoms with Crippen LogP contribution in [0.15, 0.2) is 48.8 Å². The van der Waals surface area contributed by atoms with Crippen LogP contribution in [0.2, 0.25) is 0 Å². The highest BCUT2D eigenvalue weighted by Gasteiger charge is 2.03. The van der Waals surface area contributed by atoms with Crippen LogP contribution in [0.25, 0.3) is 0 Å². The molecule has 104 valence electrons. The zero-order valence-corrected chi connectivity index (χ0v) is 12.6. The Bertz CT molecular complexity index is 552. The minimum Gasteiger partial charge on any atom is -0.332 e. The molecule has 0 amide bonds. The quantitative estimate of drug-likeness (QED) is 0.816. The lowest BCUT2D eigenvalue weighted by Gasteiger charge is -2.12. The molecule has 0 bridgehead atoms. The van der Waals surface area contributed by atoms with Crippen LogP contribution >= 0.6 is 12.2 Å². The highest BCUT2D eigenvalue weighted by atomic mass is 32.1. The van der Waals surface area contributed by atoms with Crippen molar-refractivity contribution in [2.24, 2.45) is 0 Å². The van der Waals surface area contributed by atoms with Crippen molar-refractivity contribution in [2.45, 2.75) is 26.2 Å². The molecule has 4 heteroatoms. The number of aromatic nitrogens is 1. The van der Waals surface area contributed by atoms with Gasteiger partial charge in [0.25, 0.3) is 0 Å². The number of hydrogen-bond donors (Lipinski definition) is 2. The Labute approximate surface area is 125 Å². The number of pyridine rings is 1. The fourth-order valence-corrected chi connectivity index (χ4v) is 2.10. The molecule has 1 atom stereocenters. The third-order valence-corrected chi connectivity index (χ3v) is 3.47. The molecule has 0 saturated heterocycles. The normalized spacial score (nSPS) is 11.7. The first-order valence-electron chi connectivity index (χ1n) is 6.77. The van der Waals surface area contributed by atoms with E-state index in [2.05, 4.69) is 53.7 Å². The van der Waals surface area contributed by atoms with Gasteiger partial charge in [-0.15, -0.1) is 0 Å². The van der Waals surface area contributed by atoms with Crippen LogP contribution in [-0.2, 0) is 0 Å². The Kier molecular flexibility index (Phi) is 5.07. The second-order valence-corrected chi connectivity index (χ2v) is 5.16. The van der Waals surface area contributed by atoms with Crippen LogP contribution in [0, 0.1) is 0 Å². The largest absolute Gasteiger partial charge is 0.332 e. The van der Waals surface area contributed by atoms with E-state index in [1.54, 1.807) is 12.4 Å². The van der Waals surface area contributed by atoms with E-state index in [1.807, 2.05) is 12.1 Å². The Morgan fingerprint density at radius 2 is 1.85 bits per heavy atom. The summed E-state index contributed by atoms with van der Waals surface area (Å²) in [5.74, 6) is 0.588. The molecule has 0 saturated carbocycles. The molecule has 0 spiro atoms. The van der Waals surface area contributed by atoms with Crippen LogP contribution in [0.1, 0.15) is 31.7 Å². The van der Waals surface area contributed by atoms with Crippen LogP contribution in [0.3, 0.4) is 0 Å². The number of hydrogen-bond acceptors (Lipinski definition) is 2. The molecule has 2 N–H and O–H groups in total. The van der Waals surface area contributed by atoms with Gasteiger partial charge in [0.15, 0.2) is 5.11 Å². The number of rotatable bonds is 4. The fourth-order valence-electron chi connectivity index (χ4n) is 1.86. The Hall–Kier alpha value is -1.94. The average Bonchev–Trinajstić information content (AvgIpc) is 2.48. The lowest BCUT2D eigenvalue weighted by Crippen LogP contribution is -2.19. The van der Waals surface area contributed by atoms with E-state index in [1.165, 1.54) is 5.56 Å². The maximum absolute atomic E-state index is 5.28. The SMILES string of the molecule is CC[C@@H](C)c1ccc(NC(=S)Nc2cccnc2)cc1. The first-order valence-corrected chi connectivity index (χ1v) is 7.18. The Morgan fingerprint density at radius 1 is 1.15 bits per heavy atom. The van der Waals surface area contributed by atoms with E-state index in [4.69, 9.17) is 12.2 Å². The van der Waals surface area contributed by atoms with Gasteiger partial charge in [0, 0.05) is 11.9 Å². The molecule has 0 unspecified atom stereocenters. The Balaban J connectivity index is 1.94. The first kappa shape index (κ1) is 14.5. The molecule has 0 radical (unpaired) electrons. The van der Waals surface area contributed by atoms with Crippen LogP contribution in [0.5, 0.6) is 0 Å². The molecule has 0 aliphatic carbocycles. The molecule has 1 aromatic carbocycles. The lowest BCUT2D eigenvalue weighted by molar-refractivity contribution is 0.734. The van der Waals surface area contributed by atoms with Gasteiger partial charge in [-0.1, -0.05) is 26.0 Å². The van der Waals surface area contributed by atoms with Gasteiger partial charge in [0.1, 0.15) is 0 Å². The van der Waals surface area contributed by atoms with E-state index in [0.29, 0.717) is 11.0 Å². The monoisotopic (exact) mass is 285 g/mol. The third kappa shape index (κ3) is 4.03. The minimum atomic E-state index is 0.564. The average molecular weight is 285 g/mol. The van der Waals surface area contributed by atoms with Crippen LogP contribution in [0.4, 0.5) is 11.4 Å². The molecule has 1 aromatic heterocycles. The number of thiocarbonyl (C=S) groups is 1. The maximum Gasteiger partial charge on any atom is 0.175 e. The molecular formula is C16H19N3S. The van der Waals surface area contributed by atoms with Crippen molar-refractivity contribution in [1.82, 2.24) is 4.98 Å². The molecule has 0 fully saturated rings. The third-order valence-electron chi connectivity index (χ3n) is 3.27. The summed E-state index contributed by atoms with van der Waals surface area (Å²) in [4.78, 5) is 4.04. The van der Waals surface area contributed by atoms with Gasteiger partial charge >= 0.3 is 0 Å². The molecular weight excluding hydrogens is 266 g/mol. The molecule has 3 nitrogen and oxygen atoms in total. The topological polar surface area (TPSA) is 37.0 Å². The molecule has 20 heavy (non-hydrogen) atoms. The lowest BCUT2D eigenvalue weighted by atomic mass is 9.99. The van der Waals surface area contributed by atoms with E-state index in [-0.39, 0.29) is 0 Å². The van der Waals surface area contributed by atoms with E-state index >= 15 is 0 Å². The molecule has 1 heterocycles. The van der Waals surface area contributed by atoms with Gasteiger partial charge < -0.3 is 10.6 Å². The molecule has 0 aliphatic rings. The van der Waals surface area contributed by atoms with Crippen molar-refractivity contribution < 1.29 is 0 Å². The fraction of sp³-hybridized carbons (Fsp3) is 0.250. The second-order valence-electron chi connectivity index (χ2n) is 4.75. The van der Waals surface area contributed by atoms with Gasteiger partial charge in [0.05, 0.1) is 11.9 Å². The smallest absolute Gasteiger partial charge is 0.175 e. The first-order chi connectivity index (χ1) is 9.69. The van der Waals surface area contributed by atoms with E-state index < -0.39 is 0 Å². The van der Waals surface area contributed by atoms with Crippen molar-refractivity contribution >= 4 is 28.7 Å². The van der Waals surface area contributed by atoms with Crippen molar-refractivity contribution in [3.63, 3.8) is 0 Å². The van der Waals surface area contributed by atoms with E-state index in [9.17, 15) is 0 Å². The molecule has 2 aromatic rings. The maximum atomic E-state index is 5.28. The van der Waals surface area contributed by atoms with Gasteiger partial charge in [-0.25, -0.2) is 0 Å². The van der Waals surface area contributed by atoms with Crippen molar-refractivity contribution in [3.8, 4) is 0 Å². The Morgan fingerprint density at radius 3 is 2.45 bits per heavy atom. The van der Waals surface area contributed by atoms with Crippen LogP contribution in [-0.4, -0.2) is 10.1 Å². The van der Waals surface area contributed by atoms with Gasteiger partial charge in [-0.2, -0.15) is 0 Å².